The van der Waals surface area contributed by atoms with Crippen LogP contribution in [0, 0.1) is 0 Å². The van der Waals surface area contributed by atoms with E-state index in [9.17, 15) is 9.90 Å². The van der Waals surface area contributed by atoms with Crippen LogP contribution in [0.4, 0.5) is 0 Å². The van der Waals surface area contributed by atoms with Gasteiger partial charge in [-0.2, -0.15) is 0 Å². The predicted molar refractivity (Wildman–Crippen MR) is 87.6 cm³/mol. The van der Waals surface area contributed by atoms with Crippen LogP contribution in [0.2, 0.25) is 0 Å². The van der Waals surface area contributed by atoms with Gasteiger partial charge in [-0.15, -0.1) is 0 Å². The van der Waals surface area contributed by atoms with Gasteiger partial charge in [0.05, 0.1) is 19.8 Å². The number of phenolic OH excluding ortho intramolecular Hbond substituents is 1. The molecule has 0 aromatic heterocycles. The molecule has 0 atom stereocenters. The fourth-order valence-corrected chi connectivity index (χ4v) is 2.44. The van der Waals surface area contributed by atoms with Crippen LogP contribution < -0.4 is 14.2 Å². The third-order valence-corrected chi connectivity index (χ3v) is 3.65. The van der Waals surface area contributed by atoms with Crippen LogP contribution in [-0.4, -0.2) is 31.7 Å². The van der Waals surface area contributed by atoms with Crippen molar-refractivity contribution in [1.29, 1.82) is 0 Å². The van der Waals surface area contributed by atoms with Gasteiger partial charge in [-0.05, 0) is 35.9 Å². The summed E-state index contributed by atoms with van der Waals surface area (Å²) in [4.78, 5) is 12.6. The molecule has 1 aliphatic rings. The molecule has 2 aromatic carbocycles. The molecule has 0 unspecified atom stereocenters. The number of ether oxygens (including phenoxy) is 3. The zero-order valence-corrected chi connectivity index (χ0v) is 12.8. The number of ketones is 1. The van der Waals surface area contributed by atoms with Gasteiger partial charge < -0.3 is 19.3 Å². The third-order valence-electron chi connectivity index (χ3n) is 3.65. The SMILES string of the molecule is COc1ccc2c(c1)OC/C(=C\c1ccc(OC)c(O)c1)C2=O.[HH]. The highest BCUT2D eigenvalue weighted by Gasteiger charge is 2.23. The molecule has 1 aliphatic heterocycles. The number of hydrogen-bond donors (Lipinski definition) is 1. The number of aromatic hydroxyl groups is 1. The largest absolute Gasteiger partial charge is 0.504 e. The van der Waals surface area contributed by atoms with Crippen LogP contribution >= 0.6 is 0 Å². The third kappa shape index (κ3) is 2.85. The Morgan fingerprint density at radius 1 is 1.17 bits per heavy atom. The first-order chi connectivity index (χ1) is 11.1. The van der Waals surface area contributed by atoms with Crippen LogP contribution in [0.3, 0.4) is 0 Å². The van der Waals surface area contributed by atoms with E-state index in [4.69, 9.17) is 14.2 Å². The van der Waals surface area contributed by atoms with Crippen molar-refractivity contribution >= 4 is 11.9 Å². The molecule has 0 amide bonds. The number of benzene rings is 2. The summed E-state index contributed by atoms with van der Waals surface area (Å²) in [5.41, 5.74) is 1.72. The number of methoxy groups -OCH3 is 2. The molecule has 0 fully saturated rings. The van der Waals surface area contributed by atoms with Gasteiger partial charge >= 0.3 is 0 Å². The number of carbonyl (C=O) groups excluding carboxylic acids is 1. The molecule has 1 N–H and O–H groups in total. The molecule has 0 bridgehead atoms. The molecule has 1 heterocycles. The van der Waals surface area contributed by atoms with Crippen molar-refractivity contribution in [2.24, 2.45) is 0 Å². The summed E-state index contributed by atoms with van der Waals surface area (Å²) in [5.74, 6) is 1.48. The van der Waals surface area contributed by atoms with E-state index >= 15 is 0 Å². The average Bonchev–Trinajstić information content (AvgIpc) is 2.57. The van der Waals surface area contributed by atoms with E-state index < -0.39 is 0 Å². The zero-order chi connectivity index (χ0) is 16.4. The molecule has 0 spiro atoms. The highest BCUT2D eigenvalue weighted by atomic mass is 16.5. The maximum Gasteiger partial charge on any atom is 0.196 e. The van der Waals surface area contributed by atoms with Gasteiger partial charge in [-0.25, -0.2) is 0 Å². The lowest BCUT2D eigenvalue weighted by molar-refractivity contribution is 0.100. The predicted octanol–water partition coefficient (Wildman–Crippen LogP) is 3.31. The minimum atomic E-state index is -0.0933. The van der Waals surface area contributed by atoms with Gasteiger partial charge in [0, 0.05) is 13.1 Å². The molecule has 5 nitrogen and oxygen atoms in total. The lowest BCUT2D eigenvalue weighted by Crippen LogP contribution is -2.19. The van der Waals surface area contributed by atoms with Crippen LogP contribution in [0.5, 0.6) is 23.0 Å². The van der Waals surface area contributed by atoms with Crippen LogP contribution in [0.1, 0.15) is 17.3 Å². The fourth-order valence-electron chi connectivity index (χ4n) is 2.44. The van der Waals surface area contributed by atoms with E-state index in [1.165, 1.54) is 7.11 Å². The van der Waals surface area contributed by atoms with Gasteiger partial charge in [-0.1, -0.05) is 6.07 Å². The van der Waals surface area contributed by atoms with Gasteiger partial charge in [0.1, 0.15) is 18.1 Å². The molecule has 0 saturated carbocycles. The van der Waals surface area contributed by atoms with Crippen molar-refractivity contribution in [2.45, 2.75) is 0 Å². The van der Waals surface area contributed by atoms with Gasteiger partial charge in [0.25, 0.3) is 0 Å². The van der Waals surface area contributed by atoms with Crippen molar-refractivity contribution in [3.8, 4) is 23.0 Å². The topological polar surface area (TPSA) is 65.0 Å². The minimum absolute atomic E-state index is 0. The highest BCUT2D eigenvalue weighted by molar-refractivity contribution is 6.14. The number of Topliss-reactive ketones (excluding diaryl/α,β-unsaturated/α-hetero) is 1. The Bertz CT molecular complexity index is 798. The Balaban J connectivity index is 0.00000208. The van der Waals surface area contributed by atoms with Gasteiger partial charge in [-0.3, -0.25) is 4.79 Å². The van der Waals surface area contributed by atoms with E-state index in [1.54, 1.807) is 49.6 Å². The number of fused-ring (bicyclic) bond motifs is 1. The maximum absolute atomic E-state index is 12.6. The first-order valence-corrected chi connectivity index (χ1v) is 7.05. The van der Waals surface area contributed by atoms with E-state index in [0.29, 0.717) is 33.9 Å². The Labute approximate surface area is 135 Å². The number of carbonyl (C=O) groups is 1. The summed E-state index contributed by atoms with van der Waals surface area (Å²) in [6.07, 6.45) is 1.70. The normalized spacial score (nSPS) is 15.0. The molecular formula is C18H18O5. The second-order valence-corrected chi connectivity index (χ2v) is 5.08. The monoisotopic (exact) mass is 314 g/mol. The summed E-state index contributed by atoms with van der Waals surface area (Å²) in [6.45, 7) is 0.172. The van der Waals surface area contributed by atoms with E-state index in [1.807, 2.05) is 0 Å². The Hall–Kier alpha value is -2.95. The molecule has 3 rings (SSSR count). The summed E-state index contributed by atoms with van der Waals surface area (Å²) in [6, 6.07) is 10.1. The number of rotatable bonds is 3. The second-order valence-electron chi connectivity index (χ2n) is 5.08. The Morgan fingerprint density at radius 2 is 2.00 bits per heavy atom. The molecule has 0 radical (unpaired) electrons. The first-order valence-electron chi connectivity index (χ1n) is 7.05. The van der Waals surface area contributed by atoms with Crippen LogP contribution in [0.15, 0.2) is 42.0 Å². The van der Waals surface area contributed by atoms with Crippen molar-refractivity contribution in [2.75, 3.05) is 20.8 Å². The fraction of sp³-hybridized carbons (Fsp3) is 0.167. The summed E-state index contributed by atoms with van der Waals surface area (Å²) in [5, 5.41) is 9.82. The zero-order valence-electron chi connectivity index (χ0n) is 12.8. The van der Waals surface area contributed by atoms with Gasteiger partial charge in [0.2, 0.25) is 0 Å². The lowest BCUT2D eigenvalue weighted by atomic mass is 9.98. The van der Waals surface area contributed by atoms with E-state index in [-0.39, 0.29) is 19.6 Å². The standard InChI is InChI=1S/C18H16O5.H2/c1-21-13-4-5-14-17(9-13)23-10-12(18(14)20)7-11-3-6-16(22-2)15(19)8-11;/h3-9,19H,10H2,1-2H3;1H/b12-7+;. The number of hydrogen-bond acceptors (Lipinski definition) is 5. The van der Waals surface area contributed by atoms with Crippen molar-refractivity contribution in [1.82, 2.24) is 0 Å². The van der Waals surface area contributed by atoms with E-state index in [2.05, 4.69) is 0 Å². The highest BCUT2D eigenvalue weighted by Crippen LogP contribution is 2.32. The van der Waals surface area contributed by atoms with Crippen LogP contribution in [-0.2, 0) is 0 Å². The van der Waals surface area contributed by atoms with Crippen LogP contribution in [0.25, 0.3) is 6.08 Å². The van der Waals surface area contributed by atoms with Crippen molar-refractivity contribution in [3.05, 3.63) is 53.1 Å². The maximum atomic E-state index is 12.6. The second kappa shape index (κ2) is 6.04. The first kappa shape index (κ1) is 15.0. The summed E-state index contributed by atoms with van der Waals surface area (Å²) >= 11 is 0. The molecule has 2 aromatic rings. The molecular weight excluding hydrogens is 296 g/mol. The number of phenols is 1. The molecule has 0 aliphatic carbocycles. The molecule has 5 heteroatoms. The smallest absolute Gasteiger partial charge is 0.196 e. The quantitative estimate of drug-likeness (QED) is 0.881. The Morgan fingerprint density at radius 3 is 2.70 bits per heavy atom. The average molecular weight is 314 g/mol. The van der Waals surface area contributed by atoms with Crippen molar-refractivity contribution < 1.29 is 25.5 Å². The lowest BCUT2D eigenvalue weighted by Gasteiger charge is -2.19. The van der Waals surface area contributed by atoms with E-state index in [0.717, 1.165) is 0 Å². The molecule has 120 valence electrons. The minimum Gasteiger partial charge on any atom is -0.504 e. The molecule has 23 heavy (non-hydrogen) atoms. The molecule has 0 saturated heterocycles. The van der Waals surface area contributed by atoms with Gasteiger partial charge in [0.15, 0.2) is 17.3 Å². The summed E-state index contributed by atoms with van der Waals surface area (Å²) < 4.78 is 15.8. The summed E-state index contributed by atoms with van der Waals surface area (Å²) in [7, 11) is 3.05. The van der Waals surface area contributed by atoms with Crippen molar-refractivity contribution in [3.63, 3.8) is 0 Å². The Kier molecular flexibility index (Phi) is 3.93.